The summed E-state index contributed by atoms with van der Waals surface area (Å²) in [4.78, 5) is 17.0. The van der Waals surface area contributed by atoms with E-state index in [9.17, 15) is 4.79 Å². The Morgan fingerprint density at radius 1 is 1.39 bits per heavy atom. The van der Waals surface area contributed by atoms with E-state index in [2.05, 4.69) is 36.0 Å². The van der Waals surface area contributed by atoms with Crippen molar-refractivity contribution >= 4 is 5.91 Å². The molecule has 0 aromatic heterocycles. The Labute approximate surface area is 111 Å². The van der Waals surface area contributed by atoms with Crippen molar-refractivity contribution in [3.05, 3.63) is 0 Å². The van der Waals surface area contributed by atoms with Crippen molar-refractivity contribution in [2.75, 3.05) is 33.2 Å². The second kappa shape index (κ2) is 6.02. The van der Waals surface area contributed by atoms with E-state index in [4.69, 9.17) is 0 Å². The number of likely N-dealkylation sites (N-methyl/N-ethyl adjacent to an activating group) is 1. The average Bonchev–Trinajstić information content (AvgIpc) is 2.39. The molecule has 4 heteroatoms. The van der Waals surface area contributed by atoms with Gasteiger partial charge in [-0.1, -0.05) is 13.8 Å². The summed E-state index contributed by atoms with van der Waals surface area (Å²) in [7, 11) is 2.16. The van der Waals surface area contributed by atoms with Crippen LogP contribution in [0.1, 0.15) is 33.1 Å². The summed E-state index contributed by atoms with van der Waals surface area (Å²) in [6.07, 6.45) is 3.49. The highest BCUT2D eigenvalue weighted by Gasteiger charge is 2.34. The van der Waals surface area contributed by atoms with Gasteiger partial charge in [0, 0.05) is 25.7 Å². The van der Waals surface area contributed by atoms with Crippen molar-refractivity contribution in [1.29, 1.82) is 0 Å². The van der Waals surface area contributed by atoms with E-state index in [1.807, 2.05) is 0 Å². The Hall–Kier alpha value is -0.610. The highest BCUT2D eigenvalue weighted by atomic mass is 16.2. The van der Waals surface area contributed by atoms with Crippen LogP contribution >= 0.6 is 0 Å². The fraction of sp³-hybridized carbons (Fsp3) is 0.929. The molecule has 2 rings (SSSR count). The molecule has 2 fully saturated rings. The van der Waals surface area contributed by atoms with Gasteiger partial charge in [-0.25, -0.2) is 0 Å². The third-order valence-electron chi connectivity index (χ3n) is 4.60. The molecule has 2 heterocycles. The van der Waals surface area contributed by atoms with Crippen molar-refractivity contribution in [2.45, 2.75) is 45.2 Å². The summed E-state index contributed by atoms with van der Waals surface area (Å²) >= 11 is 0. The molecule has 104 valence electrons. The van der Waals surface area contributed by atoms with Crippen molar-refractivity contribution in [1.82, 2.24) is 15.1 Å². The van der Waals surface area contributed by atoms with Gasteiger partial charge in [-0.05, 0) is 38.8 Å². The Morgan fingerprint density at radius 3 is 2.83 bits per heavy atom. The summed E-state index contributed by atoms with van der Waals surface area (Å²) in [6.45, 7) is 8.18. The zero-order valence-electron chi connectivity index (χ0n) is 12.0. The molecule has 1 amide bonds. The lowest BCUT2D eigenvalue weighted by atomic mass is 9.91. The fourth-order valence-electron chi connectivity index (χ4n) is 3.16. The van der Waals surface area contributed by atoms with Gasteiger partial charge in [0.2, 0.25) is 5.91 Å². The molecular weight excluding hydrogens is 226 g/mol. The van der Waals surface area contributed by atoms with Crippen LogP contribution in [0.15, 0.2) is 0 Å². The third kappa shape index (κ3) is 2.86. The van der Waals surface area contributed by atoms with Gasteiger partial charge in [0.15, 0.2) is 0 Å². The van der Waals surface area contributed by atoms with E-state index in [0.29, 0.717) is 17.9 Å². The molecule has 0 aromatic carbocycles. The topological polar surface area (TPSA) is 35.6 Å². The smallest absolute Gasteiger partial charge is 0.240 e. The molecule has 0 aliphatic carbocycles. The molecule has 0 radical (unpaired) electrons. The molecule has 2 saturated heterocycles. The van der Waals surface area contributed by atoms with Crippen LogP contribution in [0.3, 0.4) is 0 Å². The SMILES string of the molecule is CCC1CN(C(=O)C2NCCCC2C)CCN1C. The minimum atomic E-state index is 0.0552. The van der Waals surface area contributed by atoms with Gasteiger partial charge in [0.25, 0.3) is 0 Å². The number of nitrogens with zero attached hydrogens (tertiary/aromatic N) is 2. The van der Waals surface area contributed by atoms with E-state index in [1.165, 1.54) is 12.8 Å². The molecule has 2 aliphatic rings. The van der Waals surface area contributed by atoms with Gasteiger partial charge in [-0.15, -0.1) is 0 Å². The Kier molecular flexibility index (Phi) is 4.62. The first-order valence-electron chi connectivity index (χ1n) is 7.36. The summed E-state index contributed by atoms with van der Waals surface area (Å²) in [5, 5.41) is 3.41. The van der Waals surface area contributed by atoms with Crippen molar-refractivity contribution in [2.24, 2.45) is 5.92 Å². The van der Waals surface area contributed by atoms with Gasteiger partial charge in [0.1, 0.15) is 0 Å². The molecule has 2 aliphatic heterocycles. The van der Waals surface area contributed by atoms with Crippen molar-refractivity contribution in [3.63, 3.8) is 0 Å². The van der Waals surface area contributed by atoms with E-state index in [-0.39, 0.29) is 6.04 Å². The number of amides is 1. The first-order valence-corrected chi connectivity index (χ1v) is 7.36. The van der Waals surface area contributed by atoms with Crippen LogP contribution in [-0.4, -0.2) is 61.0 Å². The normalized spacial score (nSPS) is 34.6. The first-order chi connectivity index (χ1) is 8.63. The summed E-state index contributed by atoms with van der Waals surface area (Å²) in [5.41, 5.74) is 0. The molecule has 1 N–H and O–H groups in total. The van der Waals surface area contributed by atoms with Crippen molar-refractivity contribution < 1.29 is 4.79 Å². The predicted octanol–water partition coefficient (Wildman–Crippen LogP) is 0.927. The highest BCUT2D eigenvalue weighted by molar-refractivity contribution is 5.82. The lowest BCUT2D eigenvalue weighted by Gasteiger charge is -2.42. The van der Waals surface area contributed by atoms with E-state index < -0.39 is 0 Å². The Morgan fingerprint density at radius 2 is 2.17 bits per heavy atom. The molecule has 4 nitrogen and oxygen atoms in total. The minimum Gasteiger partial charge on any atom is -0.338 e. The number of nitrogens with one attached hydrogen (secondary N) is 1. The third-order valence-corrected chi connectivity index (χ3v) is 4.60. The van der Waals surface area contributed by atoms with E-state index in [1.54, 1.807) is 0 Å². The van der Waals surface area contributed by atoms with Crippen molar-refractivity contribution in [3.8, 4) is 0 Å². The molecule has 0 aromatic rings. The molecule has 0 bridgehead atoms. The monoisotopic (exact) mass is 253 g/mol. The van der Waals surface area contributed by atoms with E-state index >= 15 is 0 Å². The van der Waals surface area contributed by atoms with Gasteiger partial charge in [-0.3, -0.25) is 9.69 Å². The summed E-state index contributed by atoms with van der Waals surface area (Å²) in [5.74, 6) is 0.805. The number of rotatable bonds is 2. The molecule has 3 atom stereocenters. The first kappa shape index (κ1) is 13.8. The second-order valence-corrected chi connectivity index (χ2v) is 5.88. The lowest BCUT2D eigenvalue weighted by Crippen LogP contribution is -2.59. The predicted molar refractivity (Wildman–Crippen MR) is 73.5 cm³/mol. The average molecular weight is 253 g/mol. The highest BCUT2D eigenvalue weighted by Crippen LogP contribution is 2.19. The molecule has 0 saturated carbocycles. The summed E-state index contributed by atoms with van der Waals surface area (Å²) < 4.78 is 0. The maximum atomic E-state index is 12.6. The van der Waals surface area contributed by atoms with Gasteiger partial charge >= 0.3 is 0 Å². The van der Waals surface area contributed by atoms with Gasteiger partial charge < -0.3 is 10.2 Å². The fourth-order valence-corrected chi connectivity index (χ4v) is 3.16. The second-order valence-electron chi connectivity index (χ2n) is 5.88. The van der Waals surface area contributed by atoms with Crippen LogP contribution < -0.4 is 5.32 Å². The molecule has 0 spiro atoms. The number of carbonyl (C=O) groups is 1. The standard InChI is InChI=1S/C14H27N3O/c1-4-12-10-17(9-8-16(12)3)14(18)13-11(2)6-5-7-15-13/h11-13,15H,4-10H2,1-3H3. The molecule has 18 heavy (non-hydrogen) atoms. The zero-order valence-corrected chi connectivity index (χ0v) is 12.0. The van der Waals surface area contributed by atoms with Gasteiger partial charge in [-0.2, -0.15) is 0 Å². The van der Waals surface area contributed by atoms with Crippen LogP contribution in [0.25, 0.3) is 0 Å². The maximum Gasteiger partial charge on any atom is 0.240 e. The number of carbonyl (C=O) groups excluding carboxylic acids is 1. The zero-order chi connectivity index (χ0) is 13.1. The number of hydrogen-bond donors (Lipinski definition) is 1. The molecular formula is C14H27N3O. The minimum absolute atomic E-state index is 0.0552. The van der Waals surface area contributed by atoms with Crippen LogP contribution in [0.4, 0.5) is 0 Å². The van der Waals surface area contributed by atoms with Crippen LogP contribution in [0.5, 0.6) is 0 Å². The Bertz CT molecular complexity index is 295. The van der Waals surface area contributed by atoms with Crippen LogP contribution in [0, 0.1) is 5.92 Å². The van der Waals surface area contributed by atoms with Gasteiger partial charge in [0.05, 0.1) is 6.04 Å². The van der Waals surface area contributed by atoms with E-state index in [0.717, 1.165) is 32.6 Å². The van der Waals surface area contributed by atoms with Crippen LogP contribution in [0.2, 0.25) is 0 Å². The lowest BCUT2D eigenvalue weighted by molar-refractivity contribution is -0.138. The Balaban J connectivity index is 1.96. The van der Waals surface area contributed by atoms with Crippen LogP contribution in [-0.2, 0) is 4.79 Å². The number of hydrogen-bond acceptors (Lipinski definition) is 3. The largest absolute Gasteiger partial charge is 0.338 e. The quantitative estimate of drug-likeness (QED) is 0.795. The molecule has 3 unspecified atom stereocenters. The number of piperidine rings is 1. The number of piperazine rings is 1. The summed E-state index contributed by atoms with van der Waals surface area (Å²) in [6, 6.07) is 0.584. The maximum absolute atomic E-state index is 12.6.